The lowest BCUT2D eigenvalue weighted by molar-refractivity contribution is -0.183. The predicted octanol–water partition coefficient (Wildman–Crippen LogP) is 2.27. The monoisotopic (exact) mass is 252 g/mol. The lowest BCUT2D eigenvalue weighted by atomic mass is 10.0. The Kier molecular flexibility index (Phi) is 4.99. The molecule has 18 heavy (non-hydrogen) atoms. The second-order valence-corrected chi connectivity index (χ2v) is 4.39. The molecular weight excluding hydrogens is 232 g/mol. The van der Waals surface area contributed by atoms with E-state index >= 15 is 0 Å². The van der Waals surface area contributed by atoms with Gasteiger partial charge in [-0.05, 0) is 30.5 Å². The average Bonchev–Trinajstić information content (AvgIpc) is 2.46. The topological polar surface area (TPSA) is 47.9 Å². The molecule has 1 atom stereocenters. The Labute approximate surface area is 107 Å². The summed E-state index contributed by atoms with van der Waals surface area (Å²) in [5.41, 5.74) is 0.866. The first kappa shape index (κ1) is 13.3. The van der Waals surface area contributed by atoms with Crippen molar-refractivity contribution in [3.8, 4) is 5.75 Å². The molecule has 0 unspecified atom stereocenters. The minimum atomic E-state index is -0.505. The summed E-state index contributed by atoms with van der Waals surface area (Å²) in [6.45, 7) is 1.50. The van der Waals surface area contributed by atoms with Gasteiger partial charge < -0.3 is 19.3 Å². The zero-order valence-electron chi connectivity index (χ0n) is 10.7. The molecule has 0 saturated carbocycles. The van der Waals surface area contributed by atoms with Crippen molar-refractivity contribution >= 4 is 0 Å². The van der Waals surface area contributed by atoms with E-state index < -0.39 is 6.10 Å². The van der Waals surface area contributed by atoms with E-state index in [-0.39, 0.29) is 6.29 Å². The van der Waals surface area contributed by atoms with E-state index in [2.05, 4.69) is 0 Å². The number of rotatable bonds is 5. The molecule has 4 heteroatoms. The van der Waals surface area contributed by atoms with E-state index in [1.165, 1.54) is 0 Å². The molecule has 0 amide bonds. The molecule has 0 aromatic heterocycles. The number of aliphatic hydroxyl groups excluding tert-OH is 1. The fourth-order valence-electron chi connectivity index (χ4n) is 2.01. The minimum Gasteiger partial charge on any atom is -0.497 e. The van der Waals surface area contributed by atoms with Crippen molar-refractivity contribution in [1.29, 1.82) is 0 Å². The van der Waals surface area contributed by atoms with Crippen molar-refractivity contribution in [2.45, 2.75) is 31.7 Å². The summed E-state index contributed by atoms with van der Waals surface area (Å²) >= 11 is 0. The molecule has 1 fully saturated rings. The van der Waals surface area contributed by atoms with Gasteiger partial charge in [-0.2, -0.15) is 0 Å². The summed E-state index contributed by atoms with van der Waals surface area (Å²) < 4.78 is 16.0. The summed E-state index contributed by atoms with van der Waals surface area (Å²) in [6.07, 6.45) is 1.61. The highest BCUT2D eigenvalue weighted by atomic mass is 16.7. The van der Waals surface area contributed by atoms with Crippen LogP contribution in [0.25, 0.3) is 0 Å². The van der Waals surface area contributed by atoms with Crippen LogP contribution in [0.15, 0.2) is 24.3 Å². The lowest BCUT2D eigenvalue weighted by Crippen LogP contribution is -2.25. The summed E-state index contributed by atoms with van der Waals surface area (Å²) in [4.78, 5) is 0. The largest absolute Gasteiger partial charge is 0.497 e. The van der Waals surface area contributed by atoms with Gasteiger partial charge in [0.15, 0.2) is 6.29 Å². The van der Waals surface area contributed by atoms with Gasteiger partial charge >= 0.3 is 0 Å². The maximum absolute atomic E-state index is 10.1. The Balaban J connectivity index is 1.84. The zero-order chi connectivity index (χ0) is 12.8. The van der Waals surface area contributed by atoms with Gasteiger partial charge in [0.05, 0.1) is 26.4 Å². The smallest absolute Gasteiger partial charge is 0.157 e. The highest BCUT2D eigenvalue weighted by molar-refractivity contribution is 5.29. The van der Waals surface area contributed by atoms with Gasteiger partial charge in [-0.1, -0.05) is 12.1 Å². The summed E-state index contributed by atoms with van der Waals surface area (Å²) in [5, 5.41) is 10.1. The van der Waals surface area contributed by atoms with Gasteiger partial charge in [-0.3, -0.25) is 0 Å². The zero-order valence-corrected chi connectivity index (χ0v) is 10.7. The SMILES string of the molecule is COc1cccc([C@@H](O)CCC2OCCCO2)c1. The number of benzene rings is 1. The van der Waals surface area contributed by atoms with Crippen LogP contribution < -0.4 is 4.74 Å². The molecule has 4 nitrogen and oxygen atoms in total. The normalized spacial score (nSPS) is 18.6. The number of hydrogen-bond donors (Lipinski definition) is 1. The van der Waals surface area contributed by atoms with Crippen LogP contribution in [-0.2, 0) is 9.47 Å². The van der Waals surface area contributed by atoms with Crippen LogP contribution in [0.2, 0.25) is 0 Å². The van der Waals surface area contributed by atoms with Crippen LogP contribution in [-0.4, -0.2) is 31.7 Å². The number of methoxy groups -OCH3 is 1. The van der Waals surface area contributed by atoms with Gasteiger partial charge in [0.1, 0.15) is 5.75 Å². The molecule has 1 aliphatic heterocycles. The molecule has 0 spiro atoms. The van der Waals surface area contributed by atoms with E-state index in [9.17, 15) is 5.11 Å². The Morgan fingerprint density at radius 2 is 2.17 bits per heavy atom. The van der Waals surface area contributed by atoms with Crippen molar-refractivity contribution in [1.82, 2.24) is 0 Å². The van der Waals surface area contributed by atoms with Crippen molar-refractivity contribution in [2.24, 2.45) is 0 Å². The maximum Gasteiger partial charge on any atom is 0.157 e. The van der Waals surface area contributed by atoms with Crippen LogP contribution in [0.3, 0.4) is 0 Å². The van der Waals surface area contributed by atoms with E-state index in [4.69, 9.17) is 14.2 Å². The Morgan fingerprint density at radius 3 is 2.89 bits per heavy atom. The summed E-state index contributed by atoms with van der Waals surface area (Å²) in [7, 11) is 1.62. The lowest BCUT2D eigenvalue weighted by Gasteiger charge is -2.24. The third-order valence-corrected chi connectivity index (χ3v) is 3.05. The van der Waals surface area contributed by atoms with Crippen molar-refractivity contribution in [2.75, 3.05) is 20.3 Å². The van der Waals surface area contributed by atoms with Gasteiger partial charge in [-0.25, -0.2) is 0 Å². The average molecular weight is 252 g/mol. The number of aliphatic hydroxyl groups is 1. The van der Waals surface area contributed by atoms with Crippen LogP contribution in [0, 0.1) is 0 Å². The fourth-order valence-corrected chi connectivity index (χ4v) is 2.01. The summed E-state index contributed by atoms with van der Waals surface area (Å²) in [5.74, 6) is 0.761. The van der Waals surface area contributed by atoms with Crippen molar-refractivity contribution in [3.05, 3.63) is 29.8 Å². The van der Waals surface area contributed by atoms with Gasteiger partial charge in [-0.15, -0.1) is 0 Å². The Morgan fingerprint density at radius 1 is 1.39 bits per heavy atom. The maximum atomic E-state index is 10.1. The van der Waals surface area contributed by atoms with Crippen LogP contribution in [0.4, 0.5) is 0 Å². The molecular formula is C14H20O4. The minimum absolute atomic E-state index is 0.168. The second kappa shape index (κ2) is 6.73. The van der Waals surface area contributed by atoms with Crippen molar-refractivity contribution in [3.63, 3.8) is 0 Å². The highest BCUT2D eigenvalue weighted by Gasteiger charge is 2.17. The molecule has 0 aliphatic carbocycles. The summed E-state index contributed by atoms with van der Waals surface area (Å²) in [6, 6.07) is 7.50. The fraction of sp³-hybridized carbons (Fsp3) is 0.571. The molecule has 1 heterocycles. The van der Waals surface area contributed by atoms with E-state index in [1.807, 2.05) is 24.3 Å². The number of ether oxygens (including phenoxy) is 3. The van der Waals surface area contributed by atoms with Gasteiger partial charge in [0.2, 0.25) is 0 Å². The molecule has 0 radical (unpaired) electrons. The van der Waals surface area contributed by atoms with Crippen LogP contribution >= 0.6 is 0 Å². The van der Waals surface area contributed by atoms with Gasteiger partial charge in [0, 0.05) is 6.42 Å². The standard InChI is InChI=1S/C14H20O4/c1-16-12-5-2-4-11(10-12)13(15)6-7-14-17-8-3-9-18-14/h2,4-5,10,13-15H,3,6-9H2,1H3/t13-/m0/s1. The van der Waals surface area contributed by atoms with E-state index in [1.54, 1.807) is 7.11 Å². The van der Waals surface area contributed by atoms with Gasteiger partial charge in [0.25, 0.3) is 0 Å². The second-order valence-electron chi connectivity index (χ2n) is 4.39. The number of hydrogen-bond acceptors (Lipinski definition) is 4. The third-order valence-electron chi connectivity index (χ3n) is 3.05. The molecule has 100 valence electrons. The molecule has 1 aromatic rings. The molecule has 0 bridgehead atoms. The third kappa shape index (κ3) is 3.70. The molecule has 1 N–H and O–H groups in total. The Bertz CT molecular complexity index is 361. The Hall–Kier alpha value is -1.10. The van der Waals surface area contributed by atoms with Crippen LogP contribution in [0.1, 0.15) is 30.9 Å². The quantitative estimate of drug-likeness (QED) is 0.873. The molecule has 1 aliphatic rings. The van der Waals surface area contributed by atoms with Crippen LogP contribution in [0.5, 0.6) is 5.75 Å². The molecule has 2 rings (SSSR count). The predicted molar refractivity (Wildman–Crippen MR) is 67.5 cm³/mol. The first-order valence-corrected chi connectivity index (χ1v) is 6.35. The highest BCUT2D eigenvalue weighted by Crippen LogP contribution is 2.24. The first-order chi connectivity index (χ1) is 8.79. The van der Waals surface area contributed by atoms with E-state index in [0.717, 1.165) is 30.9 Å². The molecule has 1 aromatic carbocycles. The first-order valence-electron chi connectivity index (χ1n) is 6.35. The van der Waals surface area contributed by atoms with E-state index in [0.29, 0.717) is 12.8 Å². The molecule has 1 saturated heterocycles. The van der Waals surface area contributed by atoms with Crippen molar-refractivity contribution < 1.29 is 19.3 Å².